The van der Waals surface area contributed by atoms with Gasteiger partial charge < -0.3 is 23.9 Å². The summed E-state index contributed by atoms with van der Waals surface area (Å²) in [5.41, 5.74) is 1.65. The fraction of sp³-hybridized carbons (Fsp3) is 0.520. The Labute approximate surface area is 190 Å². The number of piperazine rings is 1. The molecule has 0 spiro atoms. The molecule has 2 amide bonds. The summed E-state index contributed by atoms with van der Waals surface area (Å²) in [6, 6.07) is 9.80. The molecule has 2 aromatic rings. The Kier molecular flexibility index (Phi) is 7.83. The first-order chi connectivity index (χ1) is 15.3. The Morgan fingerprint density at radius 1 is 1.12 bits per heavy atom. The number of carbonyl (C=O) groups excluding carboxylic acids is 2. The second-order valence-corrected chi connectivity index (χ2v) is 8.44. The lowest BCUT2D eigenvalue weighted by Gasteiger charge is -2.37. The van der Waals surface area contributed by atoms with Gasteiger partial charge in [-0.3, -0.25) is 9.59 Å². The average molecular weight is 442 g/mol. The van der Waals surface area contributed by atoms with Crippen LogP contribution in [0.4, 0.5) is 5.69 Å². The number of nitrogens with zero attached hydrogens (tertiary/aromatic N) is 3. The largest absolute Gasteiger partial charge is 0.492 e. The summed E-state index contributed by atoms with van der Waals surface area (Å²) in [5, 5.41) is 0. The highest BCUT2D eigenvalue weighted by molar-refractivity contribution is 5.95. The molecule has 0 atom stereocenters. The van der Waals surface area contributed by atoms with Gasteiger partial charge in [0.1, 0.15) is 17.3 Å². The van der Waals surface area contributed by atoms with Crippen molar-refractivity contribution < 1.29 is 18.7 Å². The molecule has 1 aliphatic heterocycles. The maximum Gasteiger partial charge on any atom is 0.257 e. The molecule has 174 valence electrons. The predicted molar refractivity (Wildman–Crippen MR) is 125 cm³/mol. The number of hydrogen-bond donors (Lipinski definition) is 0. The Hall–Kier alpha value is -2.96. The third-order valence-corrected chi connectivity index (χ3v) is 5.86. The number of rotatable bonds is 8. The maximum atomic E-state index is 13.0. The molecule has 1 fully saturated rings. The molecule has 0 N–H and O–H groups in total. The highest BCUT2D eigenvalue weighted by atomic mass is 16.5. The number of aryl methyl sites for hydroxylation is 2. The molecule has 3 rings (SSSR count). The molecule has 1 aromatic heterocycles. The van der Waals surface area contributed by atoms with Gasteiger partial charge in [0.25, 0.3) is 5.91 Å². The number of anilines is 1. The quantitative estimate of drug-likeness (QED) is 0.622. The molecule has 1 aliphatic rings. The SMILES string of the molecule is CCOc1ccccc1N1CCN(C(=O)CCN(C(=O)c2cc(C)oc2C)C(C)C)CC1. The van der Waals surface area contributed by atoms with E-state index in [2.05, 4.69) is 11.0 Å². The number of para-hydroxylation sites is 2. The second-order valence-electron chi connectivity index (χ2n) is 8.44. The number of amides is 2. The molecular formula is C25H35N3O4. The van der Waals surface area contributed by atoms with Gasteiger partial charge in [-0.2, -0.15) is 0 Å². The summed E-state index contributed by atoms with van der Waals surface area (Å²) in [4.78, 5) is 31.8. The first-order valence-electron chi connectivity index (χ1n) is 11.4. The van der Waals surface area contributed by atoms with E-state index >= 15 is 0 Å². The minimum absolute atomic E-state index is 0.00294. The molecule has 7 nitrogen and oxygen atoms in total. The zero-order chi connectivity index (χ0) is 23.3. The highest BCUT2D eigenvalue weighted by Crippen LogP contribution is 2.29. The minimum atomic E-state index is -0.0838. The molecule has 0 aliphatic carbocycles. The topological polar surface area (TPSA) is 66.2 Å². The van der Waals surface area contributed by atoms with Crippen molar-refractivity contribution in [2.75, 3.05) is 44.2 Å². The van der Waals surface area contributed by atoms with Crippen molar-refractivity contribution >= 4 is 17.5 Å². The first-order valence-corrected chi connectivity index (χ1v) is 11.4. The number of furan rings is 1. The summed E-state index contributed by atoms with van der Waals surface area (Å²) in [6.45, 7) is 13.4. The van der Waals surface area contributed by atoms with Gasteiger partial charge in [0.15, 0.2) is 0 Å². The summed E-state index contributed by atoms with van der Waals surface area (Å²) in [5.74, 6) is 2.22. The van der Waals surface area contributed by atoms with Crippen molar-refractivity contribution in [3.05, 3.63) is 47.4 Å². The number of ether oxygens (including phenoxy) is 1. The van der Waals surface area contributed by atoms with E-state index in [9.17, 15) is 9.59 Å². The van der Waals surface area contributed by atoms with E-state index in [-0.39, 0.29) is 17.9 Å². The molecule has 2 heterocycles. The van der Waals surface area contributed by atoms with Crippen LogP contribution in [0, 0.1) is 13.8 Å². The second kappa shape index (κ2) is 10.6. The van der Waals surface area contributed by atoms with Crippen LogP contribution in [0.1, 0.15) is 49.1 Å². The van der Waals surface area contributed by atoms with E-state index in [1.165, 1.54) is 0 Å². The summed E-state index contributed by atoms with van der Waals surface area (Å²) >= 11 is 0. The summed E-state index contributed by atoms with van der Waals surface area (Å²) in [7, 11) is 0. The average Bonchev–Trinajstić information content (AvgIpc) is 3.12. The van der Waals surface area contributed by atoms with E-state index in [1.54, 1.807) is 17.9 Å². The van der Waals surface area contributed by atoms with Crippen LogP contribution in [0.15, 0.2) is 34.7 Å². The van der Waals surface area contributed by atoms with Gasteiger partial charge in [0.05, 0.1) is 17.9 Å². The number of hydrogen-bond acceptors (Lipinski definition) is 5. The van der Waals surface area contributed by atoms with Crippen LogP contribution < -0.4 is 9.64 Å². The standard InChI is InChI=1S/C25H35N3O4/c1-6-31-23-10-8-7-9-22(23)26-13-15-27(16-14-26)24(29)11-12-28(18(2)3)25(30)21-17-19(4)32-20(21)5/h7-10,17-18H,6,11-16H2,1-5H3. The first kappa shape index (κ1) is 23.7. The molecule has 7 heteroatoms. The van der Waals surface area contributed by atoms with Crippen molar-refractivity contribution in [1.29, 1.82) is 0 Å². The smallest absolute Gasteiger partial charge is 0.257 e. The van der Waals surface area contributed by atoms with Gasteiger partial charge >= 0.3 is 0 Å². The van der Waals surface area contributed by atoms with Crippen molar-refractivity contribution in [3.8, 4) is 5.75 Å². The number of carbonyl (C=O) groups is 2. The minimum Gasteiger partial charge on any atom is -0.492 e. The van der Waals surface area contributed by atoms with Gasteiger partial charge in [0.2, 0.25) is 5.91 Å². The van der Waals surface area contributed by atoms with Crippen LogP contribution in [-0.2, 0) is 4.79 Å². The Bertz CT molecular complexity index is 929. The lowest BCUT2D eigenvalue weighted by molar-refractivity contribution is -0.131. The van der Waals surface area contributed by atoms with Gasteiger partial charge in [-0.25, -0.2) is 0 Å². The van der Waals surface area contributed by atoms with Crippen LogP contribution in [0.25, 0.3) is 0 Å². The summed E-state index contributed by atoms with van der Waals surface area (Å²) in [6.07, 6.45) is 0.315. The zero-order valence-corrected chi connectivity index (χ0v) is 19.9. The summed E-state index contributed by atoms with van der Waals surface area (Å²) < 4.78 is 11.3. The Morgan fingerprint density at radius 2 is 1.81 bits per heavy atom. The van der Waals surface area contributed by atoms with Crippen molar-refractivity contribution in [2.45, 2.75) is 47.1 Å². The molecule has 0 radical (unpaired) electrons. The van der Waals surface area contributed by atoms with Crippen LogP contribution in [-0.4, -0.2) is 67.0 Å². The van der Waals surface area contributed by atoms with E-state index in [1.807, 2.05) is 50.8 Å². The van der Waals surface area contributed by atoms with Gasteiger partial charge in [-0.05, 0) is 52.8 Å². The van der Waals surface area contributed by atoms with Crippen LogP contribution >= 0.6 is 0 Å². The molecule has 0 bridgehead atoms. The number of benzene rings is 1. The zero-order valence-electron chi connectivity index (χ0n) is 19.9. The van der Waals surface area contributed by atoms with E-state index < -0.39 is 0 Å². The van der Waals surface area contributed by atoms with E-state index in [0.29, 0.717) is 44.0 Å². The molecule has 32 heavy (non-hydrogen) atoms. The van der Waals surface area contributed by atoms with Gasteiger partial charge in [0, 0.05) is 45.2 Å². The van der Waals surface area contributed by atoms with Gasteiger partial charge in [-0.1, -0.05) is 12.1 Å². The molecular weight excluding hydrogens is 406 g/mol. The maximum absolute atomic E-state index is 13.0. The highest BCUT2D eigenvalue weighted by Gasteiger charge is 2.26. The van der Waals surface area contributed by atoms with Gasteiger partial charge in [-0.15, -0.1) is 0 Å². The third-order valence-electron chi connectivity index (χ3n) is 5.86. The van der Waals surface area contributed by atoms with Crippen molar-refractivity contribution in [2.24, 2.45) is 0 Å². The fourth-order valence-electron chi connectivity index (χ4n) is 4.16. The normalized spacial score (nSPS) is 14.1. The molecule has 0 saturated carbocycles. The van der Waals surface area contributed by atoms with Crippen LogP contribution in [0.3, 0.4) is 0 Å². The molecule has 1 saturated heterocycles. The van der Waals surface area contributed by atoms with E-state index in [4.69, 9.17) is 9.15 Å². The monoisotopic (exact) mass is 441 g/mol. The van der Waals surface area contributed by atoms with Crippen molar-refractivity contribution in [3.63, 3.8) is 0 Å². The predicted octanol–water partition coefficient (Wildman–Crippen LogP) is 3.88. The van der Waals surface area contributed by atoms with E-state index in [0.717, 1.165) is 30.3 Å². The lowest BCUT2D eigenvalue weighted by atomic mass is 10.1. The van der Waals surface area contributed by atoms with Crippen molar-refractivity contribution in [1.82, 2.24) is 9.80 Å². The molecule has 0 unspecified atom stereocenters. The van der Waals surface area contributed by atoms with Crippen LogP contribution in [0.2, 0.25) is 0 Å². The lowest BCUT2D eigenvalue weighted by Crippen LogP contribution is -2.49. The Morgan fingerprint density at radius 3 is 2.41 bits per heavy atom. The Balaban J connectivity index is 1.56. The third kappa shape index (κ3) is 5.44. The molecule has 1 aromatic carbocycles. The van der Waals surface area contributed by atoms with Crippen LogP contribution in [0.5, 0.6) is 5.75 Å². The fourth-order valence-corrected chi connectivity index (χ4v) is 4.16.